The fourth-order valence-electron chi connectivity index (χ4n) is 2.12. The summed E-state index contributed by atoms with van der Waals surface area (Å²) in [5.41, 5.74) is 0.473. The molecular weight excluding hydrogens is 399 g/mol. The predicted molar refractivity (Wildman–Crippen MR) is 101 cm³/mol. The second-order valence-corrected chi connectivity index (χ2v) is 8.56. The van der Waals surface area contributed by atoms with Crippen LogP contribution in [0.2, 0.25) is 4.34 Å². The van der Waals surface area contributed by atoms with Crippen LogP contribution in [0, 0.1) is 5.82 Å². The molecule has 1 aromatic heterocycles. The monoisotopic (exact) mass is 410 g/mol. The third-order valence-corrected chi connectivity index (χ3v) is 5.95. The molecule has 0 saturated carbocycles. The van der Waals surface area contributed by atoms with Gasteiger partial charge in [0.05, 0.1) is 25.5 Å². The van der Waals surface area contributed by atoms with Crippen LogP contribution >= 0.6 is 22.9 Å². The summed E-state index contributed by atoms with van der Waals surface area (Å²) >= 11 is 6.94. The minimum atomic E-state index is -3.94. The number of hydrogen-bond donors (Lipinski definition) is 2. The van der Waals surface area contributed by atoms with E-state index in [1.807, 2.05) is 0 Å². The number of benzene rings is 2. The molecule has 1 heterocycles. The van der Waals surface area contributed by atoms with E-state index in [1.54, 1.807) is 30.3 Å². The molecule has 0 saturated heterocycles. The van der Waals surface area contributed by atoms with E-state index >= 15 is 0 Å². The number of amides is 1. The maximum Gasteiger partial charge on any atom is 0.265 e. The first kappa shape index (κ1) is 18.4. The van der Waals surface area contributed by atoms with E-state index in [9.17, 15) is 17.6 Å². The zero-order valence-corrected chi connectivity index (χ0v) is 15.5. The van der Waals surface area contributed by atoms with Crippen LogP contribution < -0.4 is 10.0 Å². The third kappa shape index (κ3) is 4.21. The van der Waals surface area contributed by atoms with Gasteiger partial charge in [0.25, 0.3) is 15.9 Å². The summed E-state index contributed by atoms with van der Waals surface area (Å²) in [6.07, 6.45) is 0. The van der Waals surface area contributed by atoms with Crippen molar-refractivity contribution < 1.29 is 17.6 Å². The summed E-state index contributed by atoms with van der Waals surface area (Å²) in [6, 6.07) is 14.0. The molecule has 0 fully saturated rings. The molecule has 9 heteroatoms. The van der Waals surface area contributed by atoms with Crippen molar-refractivity contribution in [2.45, 2.75) is 4.90 Å². The maximum absolute atomic E-state index is 13.0. The van der Waals surface area contributed by atoms with E-state index in [4.69, 9.17) is 11.6 Å². The lowest BCUT2D eigenvalue weighted by atomic mass is 10.2. The van der Waals surface area contributed by atoms with Gasteiger partial charge in [0.2, 0.25) is 0 Å². The smallest absolute Gasteiger partial charge is 0.265 e. The lowest BCUT2D eigenvalue weighted by molar-refractivity contribution is 0.103. The number of halogens is 2. The van der Waals surface area contributed by atoms with Gasteiger partial charge in [-0.25, -0.2) is 12.8 Å². The van der Waals surface area contributed by atoms with E-state index in [1.165, 1.54) is 6.07 Å². The number of nitrogens with one attached hydrogen (secondary N) is 2. The number of carbonyl (C=O) groups is 1. The molecule has 0 aliphatic rings. The summed E-state index contributed by atoms with van der Waals surface area (Å²) in [4.78, 5) is 12.6. The molecule has 0 radical (unpaired) electrons. The summed E-state index contributed by atoms with van der Waals surface area (Å²) in [7, 11) is -3.94. The Labute approximate surface area is 158 Å². The second kappa shape index (κ2) is 7.45. The Morgan fingerprint density at radius 1 is 0.962 bits per heavy atom. The lowest BCUT2D eigenvalue weighted by Crippen LogP contribution is -2.16. The van der Waals surface area contributed by atoms with Crippen molar-refractivity contribution in [1.82, 2.24) is 0 Å². The van der Waals surface area contributed by atoms with Crippen molar-refractivity contribution in [2.24, 2.45) is 0 Å². The highest BCUT2D eigenvalue weighted by Crippen LogP contribution is 2.27. The van der Waals surface area contributed by atoms with Gasteiger partial charge < -0.3 is 5.32 Å². The average molecular weight is 411 g/mol. The van der Waals surface area contributed by atoms with Crippen LogP contribution in [0.5, 0.6) is 0 Å². The third-order valence-electron chi connectivity index (χ3n) is 3.34. The predicted octanol–water partition coefficient (Wildman–Crippen LogP) is 4.59. The number of rotatable bonds is 5. The molecule has 0 aliphatic carbocycles. The van der Waals surface area contributed by atoms with Crippen LogP contribution in [0.25, 0.3) is 0 Å². The van der Waals surface area contributed by atoms with E-state index in [0.717, 1.165) is 35.6 Å². The fraction of sp³-hybridized carbons (Fsp3) is 0. The van der Waals surface area contributed by atoms with Gasteiger partial charge in [-0.2, -0.15) is 0 Å². The van der Waals surface area contributed by atoms with Crippen LogP contribution in [0.3, 0.4) is 0 Å². The zero-order chi connectivity index (χ0) is 18.7. The molecule has 3 aromatic rings. The first-order chi connectivity index (χ1) is 12.3. The first-order valence-corrected chi connectivity index (χ1v) is 9.97. The van der Waals surface area contributed by atoms with Gasteiger partial charge in [0, 0.05) is 0 Å². The molecule has 1 amide bonds. The molecule has 134 valence electrons. The average Bonchev–Trinajstić information content (AvgIpc) is 3.03. The van der Waals surface area contributed by atoms with Gasteiger partial charge in [0.15, 0.2) is 0 Å². The Morgan fingerprint density at radius 3 is 2.23 bits per heavy atom. The van der Waals surface area contributed by atoms with Crippen molar-refractivity contribution >= 4 is 50.2 Å². The normalized spacial score (nSPS) is 11.2. The quantitative estimate of drug-likeness (QED) is 0.645. The minimum Gasteiger partial charge on any atom is -0.319 e. The highest BCUT2D eigenvalue weighted by Gasteiger charge is 2.17. The largest absolute Gasteiger partial charge is 0.319 e. The number of carbonyl (C=O) groups excluding carboxylic acids is 1. The molecular formula is C17H12ClFN2O3S2. The minimum absolute atomic E-state index is 0.0925. The molecule has 5 nitrogen and oxygen atoms in total. The van der Waals surface area contributed by atoms with Crippen molar-refractivity contribution in [2.75, 3.05) is 10.0 Å². The SMILES string of the molecule is O=C(Nc1ccccc1NS(=O)(=O)c1ccc(F)cc1)c1ccc(Cl)s1. The van der Waals surface area contributed by atoms with Gasteiger partial charge in [-0.05, 0) is 48.5 Å². The van der Waals surface area contributed by atoms with Crippen LogP contribution in [-0.4, -0.2) is 14.3 Å². The van der Waals surface area contributed by atoms with Crippen molar-refractivity contribution in [3.05, 3.63) is 75.7 Å². The number of sulfonamides is 1. The number of anilines is 2. The highest BCUT2D eigenvalue weighted by atomic mass is 35.5. The molecule has 2 N–H and O–H groups in total. The molecule has 0 aliphatic heterocycles. The van der Waals surface area contributed by atoms with Crippen molar-refractivity contribution in [1.29, 1.82) is 0 Å². The Hall–Kier alpha value is -2.42. The van der Waals surface area contributed by atoms with E-state index < -0.39 is 21.7 Å². The van der Waals surface area contributed by atoms with Crippen LogP contribution in [0.4, 0.5) is 15.8 Å². The lowest BCUT2D eigenvalue weighted by Gasteiger charge is -2.13. The summed E-state index contributed by atoms with van der Waals surface area (Å²) in [5, 5.41) is 2.65. The molecule has 0 spiro atoms. The zero-order valence-electron chi connectivity index (χ0n) is 13.1. The van der Waals surface area contributed by atoms with Crippen LogP contribution in [0.15, 0.2) is 65.6 Å². The second-order valence-electron chi connectivity index (χ2n) is 5.16. The standard InChI is InChI=1S/C17H12ClFN2O3S2/c18-16-10-9-15(25-16)17(22)20-13-3-1-2-4-14(13)21-26(23,24)12-7-5-11(19)6-8-12/h1-10,21H,(H,20,22). The maximum atomic E-state index is 13.0. The van der Waals surface area contributed by atoms with Gasteiger partial charge in [0.1, 0.15) is 5.82 Å². The van der Waals surface area contributed by atoms with Crippen molar-refractivity contribution in [3.8, 4) is 0 Å². The van der Waals surface area contributed by atoms with Crippen LogP contribution in [-0.2, 0) is 10.0 Å². The molecule has 26 heavy (non-hydrogen) atoms. The molecule has 2 aromatic carbocycles. The van der Waals surface area contributed by atoms with E-state index in [-0.39, 0.29) is 16.3 Å². The summed E-state index contributed by atoms with van der Waals surface area (Å²) in [5.74, 6) is -0.943. The number of hydrogen-bond acceptors (Lipinski definition) is 4. The Balaban J connectivity index is 1.85. The van der Waals surface area contributed by atoms with Gasteiger partial charge >= 0.3 is 0 Å². The van der Waals surface area contributed by atoms with Crippen LogP contribution in [0.1, 0.15) is 9.67 Å². The summed E-state index contributed by atoms with van der Waals surface area (Å²) in [6.45, 7) is 0. The van der Waals surface area contributed by atoms with E-state index in [2.05, 4.69) is 10.0 Å². The summed E-state index contributed by atoms with van der Waals surface area (Å²) < 4.78 is 40.8. The topological polar surface area (TPSA) is 75.3 Å². The van der Waals surface area contributed by atoms with Gasteiger partial charge in [-0.3, -0.25) is 9.52 Å². The van der Waals surface area contributed by atoms with Gasteiger partial charge in [-0.15, -0.1) is 11.3 Å². The Bertz CT molecular complexity index is 1050. The highest BCUT2D eigenvalue weighted by molar-refractivity contribution is 7.92. The molecule has 0 bridgehead atoms. The fourth-order valence-corrected chi connectivity index (χ4v) is 4.14. The number of para-hydroxylation sites is 2. The first-order valence-electron chi connectivity index (χ1n) is 7.29. The molecule has 0 atom stereocenters. The van der Waals surface area contributed by atoms with Crippen molar-refractivity contribution in [3.63, 3.8) is 0 Å². The number of thiophene rings is 1. The Morgan fingerprint density at radius 2 is 1.62 bits per heavy atom. The molecule has 0 unspecified atom stereocenters. The molecule has 3 rings (SSSR count). The van der Waals surface area contributed by atoms with Gasteiger partial charge in [-0.1, -0.05) is 23.7 Å². The van der Waals surface area contributed by atoms with E-state index in [0.29, 0.717) is 9.21 Å². The Kier molecular flexibility index (Phi) is 5.26.